The molecule has 2 aromatic rings. The molecule has 1 aliphatic heterocycles. The molecule has 4 rings (SSSR count). The molecule has 3 N–H and O–H groups in total. The molecule has 2 aliphatic rings. The van der Waals surface area contributed by atoms with Gasteiger partial charge in [-0.25, -0.2) is 4.98 Å². The first-order chi connectivity index (χ1) is 15.1. The van der Waals surface area contributed by atoms with Crippen LogP contribution in [0.25, 0.3) is 0 Å². The summed E-state index contributed by atoms with van der Waals surface area (Å²) in [4.78, 5) is 22.4. The average Bonchev–Trinajstić information content (AvgIpc) is 3.42. The van der Waals surface area contributed by atoms with Crippen molar-refractivity contribution < 1.29 is 14.6 Å². The Bertz CT molecular complexity index is 824. The molecular weight excluding hydrogens is 392 g/mol. The van der Waals surface area contributed by atoms with Crippen LogP contribution < -0.4 is 10.1 Å². The van der Waals surface area contributed by atoms with Crippen molar-refractivity contribution >= 4 is 5.91 Å². The van der Waals surface area contributed by atoms with Crippen molar-refractivity contribution in [2.45, 2.75) is 50.7 Å². The highest BCUT2D eigenvalue weighted by Gasteiger charge is 2.41. The average molecular weight is 427 g/mol. The molecule has 0 radical (unpaired) electrons. The van der Waals surface area contributed by atoms with Crippen LogP contribution in [0.3, 0.4) is 0 Å². The number of aryl methyl sites for hydroxylation is 1. The number of aliphatic hydroxyl groups is 1. The fraction of sp³-hybridized carbons (Fsp3) is 0.583. The summed E-state index contributed by atoms with van der Waals surface area (Å²) in [6.07, 6.45) is 7.91. The van der Waals surface area contributed by atoms with E-state index in [1.54, 1.807) is 13.3 Å². The number of likely N-dealkylation sites (tertiary alicyclic amines) is 1. The maximum Gasteiger partial charge on any atom is 0.220 e. The summed E-state index contributed by atoms with van der Waals surface area (Å²) in [7, 11) is 1.66. The summed E-state index contributed by atoms with van der Waals surface area (Å²) in [5.41, 5.74) is 1.20. The monoisotopic (exact) mass is 426 g/mol. The van der Waals surface area contributed by atoms with Crippen LogP contribution in [0.5, 0.6) is 5.75 Å². The summed E-state index contributed by atoms with van der Waals surface area (Å²) in [6.45, 7) is 3.06. The Morgan fingerprint density at radius 2 is 2.00 bits per heavy atom. The van der Waals surface area contributed by atoms with E-state index in [1.807, 2.05) is 30.5 Å². The van der Waals surface area contributed by atoms with E-state index in [0.29, 0.717) is 18.3 Å². The number of H-pyrrole nitrogens is 1. The van der Waals surface area contributed by atoms with Crippen LogP contribution in [0.1, 0.15) is 37.1 Å². The number of hydrogen-bond donors (Lipinski definition) is 3. The molecule has 0 spiro atoms. The molecule has 168 valence electrons. The summed E-state index contributed by atoms with van der Waals surface area (Å²) in [6, 6.07) is 7.85. The van der Waals surface area contributed by atoms with Gasteiger partial charge in [-0.2, -0.15) is 0 Å². The third-order valence-corrected chi connectivity index (χ3v) is 6.81. The van der Waals surface area contributed by atoms with Crippen LogP contribution in [0.15, 0.2) is 36.7 Å². The van der Waals surface area contributed by atoms with Gasteiger partial charge in [-0.3, -0.25) is 4.79 Å². The van der Waals surface area contributed by atoms with E-state index in [2.05, 4.69) is 20.2 Å². The van der Waals surface area contributed by atoms with Gasteiger partial charge in [0.1, 0.15) is 11.6 Å². The number of carbonyl (C=O) groups excluding carboxylic acids is 1. The number of nitrogens with zero attached hydrogens (tertiary/aromatic N) is 2. The predicted molar refractivity (Wildman–Crippen MR) is 119 cm³/mol. The van der Waals surface area contributed by atoms with Crippen LogP contribution in [-0.2, 0) is 17.6 Å². The minimum absolute atomic E-state index is 0.0451. The van der Waals surface area contributed by atoms with Gasteiger partial charge in [0.05, 0.1) is 19.3 Å². The summed E-state index contributed by atoms with van der Waals surface area (Å²) in [5, 5.41) is 13.7. The van der Waals surface area contributed by atoms with Crippen LogP contribution in [0.4, 0.5) is 0 Å². The maximum atomic E-state index is 12.5. The molecule has 0 bridgehead atoms. The summed E-state index contributed by atoms with van der Waals surface area (Å²) >= 11 is 0. The highest BCUT2D eigenvalue weighted by molar-refractivity contribution is 5.76. The number of ether oxygens (including phenoxy) is 1. The number of aromatic amines is 1. The minimum Gasteiger partial charge on any atom is -0.497 e. The van der Waals surface area contributed by atoms with E-state index in [0.717, 1.165) is 63.3 Å². The van der Waals surface area contributed by atoms with E-state index in [9.17, 15) is 9.90 Å². The lowest BCUT2D eigenvalue weighted by Crippen LogP contribution is -2.49. The van der Waals surface area contributed by atoms with Crippen LogP contribution >= 0.6 is 0 Å². The number of imidazole rings is 1. The zero-order chi connectivity index (χ0) is 21.6. The van der Waals surface area contributed by atoms with Gasteiger partial charge in [0, 0.05) is 44.9 Å². The number of rotatable bonds is 9. The second kappa shape index (κ2) is 10.3. The number of fused-ring (bicyclic) bond motifs is 1. The second-order valence-corrected chi connectivity index (χ2v) is 8.98. The molecule has 1 amide bonds. The predicted octanol–water partition coefficient (Wildman–Crippen LogP) is 2.17. The standard InChI is InChI=1S/C24H34N4O3/c1-31-20-7-5-17(6-8-20)3-2-4-24(30)27-21-13-18-15-28(16-19(18)14-22(21)29)12-9-23-25-10-11-26-23/h5-8,10-11,18-19,21-22,29H,2-4,9,12-16H2,1H3,(H,25,26)(H,27,30)/t18-,19+,21-,22-/m0/s1. The SMILES string of the molecule is COc1ccc(CCCC(=O)N[C@H]2C[C@H]3CN(CCc4ncc[nH]4)C[C@H]3C[C@@H]2O)cc1. The second-order valence-electron chi connectivity index (χ2n) is 8.98. The Labute approximate surface area is 184 Å². The first-order valence-electron chi connectivity index (χ1n) is 11.4. The van der Waals surface area contributed by atoms with Gasteiger partial charge in [-0.1, -0.05) is 12.1 Å². The number of methoxy groups -OCH3 is 1. The number of benzene rings is 1. The van der Waals surface area contributed by atoms with Crippen LogP contribution in [0, 0.1) is 11.8 Å². The molecule has 7 nitrogen and oxygen atoms in total. The van der Waals surface area contributed by atoms with Crippen molar-refractivity contribution in [1.82, 2.24) is 20.2 Å². The zero-order valence-electron chi connectivity index (χ0n) is 18.3. The Balaban J connectivity index is 1.19. The van der Waals surface area contributed by atoms with Crippen molar-refractivity contribution in [3.63, 3.8) is 0 Å². The topological polar surface area (TPSA) is 90.5 Å². The third kappa shape index (κ3) is 5.86. The number of amides is 1. The van der Waals surface area contributed by atoms with Crippen molar-refractivity contribution in [1.29, 1.82) is 0 Å². The fourth-order valence-corrected chi connectivity index (χ4v) is 5.09. The van der Waals surface area contributed by atoms with Gasteiger partial charge in [0.25, 0.3) is 0 Å². The Morgan fingerprint density at radius 1 is 1.23 bits per heavy atom. The lowest BCUT2D eigenvalue weighted by atomic mass is 9.77. The first kappa shape index (κ1) is 21.8. The van der Waals surface area contributed by atoms with Crippen LogP contribution in [-0.4, -0.2) is 64.8 Å². The van der Waals surface area contributed by atoms with E-state index < -0.39 is 6.10 Å². The van der Waals surface area contributed by atoms with Crippen molar-refractivity contribution in [3.05, 3.63) is 48.0 Å². The Hall–Kier alpha value is -2.38. The van der Waals surface area contributed by atoms with Crippen LogP contribution in [0.2, 0.25) is 0 Å². The first-order valence-corrected chi connectivity index (χ1v) is 11.4. The van der Waals surface area contributed by atoms with Crippen molar-refractivity contribution in [2.24, 2.45) is 11.8 Å². The maximum absolute atomic E-state index is 12.5. The molecule has 1 aromatic heterocycles. The lowest BCUT2D eigenvalue weighted by Gasteiger charge is -2.35. The van der Waals surface area contributed by atoms with Gasteiger partial charge in [0.15, 0.2) is 0 Å². The van der Waals surface area contributed by atoms with E-state index in [-0.39, 0.29) is 11.9 Å². The largest absolute Gasteiger partial charge is 0.497 e. The molecule has 0 unspecified atom stereocenters. The van der Waals surface area contributed by atoms with E-state index in [1.165, 1.54) is 5.56 Å². The van der Waals surface area contributed by atoms with Gasteiger partial charge in [-0.05, 0) is 55.2 Å². The molecule has 1 saturated carbocycles. The molecule has 1 aromatic carbocycles. The highest BCUT2D eigenvalue weighted by atomic mass is 16.5. The zero-order valence-corrected chi connectivity index (χ0v) is 18.3. The van der Waals surface area contributed by atoms with Gasteiger partial charge >= 0.3 is 0 Å². The van der Waals surface area contributed by atoms with E-state index >= 15 is 0 Å². The molecule has 31 heavy (non-hydrogen) atoms. The quantitative estimate of drug-likeness (QED) is 0.572. The summed E-state index contributed by atoms with van der Waals surface area (Å²) < 4.78 is 5.18. The van der Waals surface area contributed by atoms with Crippen molar-refractivity contribution in [2.75, 3.05) is 26.7 Å². The summed E-state index contributed by atoms with van der Waals surface area (Å²) in [5.74, 6) is 2.98. The van der Waals surface area contributed by atoms with Gasteiger partial charge in [-0.15, -0.1) is 0 Å². The number of carbonyl (C=O) groups is 1. The Morgan fingerprint density at radius 3 is 2.71 bits per heavy atom. The third-order valence-electron chi connectivity index (χ3n) is 6.81. The number of hydrogen-bond acceptors (Lipinski definition) is 5. The molecule has 1 aliphatic carbocycles. The fourth-order valence-electron chi connectivity index (χ4n) is 5.09. The molecule has 2 fully saturated rings. The number of aliphatic hydroxyl groups excluding tert-OH is 1. The molecule has 1 saturated heterocycles. The van der Waals surface area contributed by atoms with E-state index in [4.69, 9.17) is 4.74 Å². The lowest BCUT2D eigenvalue weighted by molar-refractivity contribution is -0.123. The van der Waals surface area contributed by atoms with Gasteiger partial charge in [0.2, 0.25) is 5.91 Å². The molecular formula is C24H34N4O3. The normalized spacial score (nSPS) is 25.9. The van der Waals surface area contributed by atoms with Crippen molar-refractivity contribution in [3.8, 4) is 5.75 Å². The van der Waals surface area contributed by atoms with Gasteiger partial charge < -0.3 is 25.0 Å². The minimum atomic E-state index is -0.447. The molecule has 7 heteroatoms. The highest BCUT2D eigenvalue weighted by Crippen LogP contribution is 2.36. The number of aromatic nitrogens is 2. The number of nitrogens with one attached hydrogen (secondary N) is 2. The smallest absolute Gasteiger partial charge is 0.220 e. The molecule has 4 atom stereocenters. The molecule has 2 heterocycles. The Kier molecular flexibility index (Phi) is 7.25.